The molecule has 2 atom stereocenters. The maximum atomic E-state index is 12.0. The summed E-state index contributed by atoms with van der Waals surface area (Å²) in [6, 6.07) is 1.55. The lowest BCUT2D eigenvalue weighted by Crippen LogP contribution is -2.33. The third kappa shape index (κ3) is 4.94. The second-order valence-electron chi connectivity index (χ2n) is 5.01. The van der Waals surface area contributed by atoms with E-state index in [1.807, 2.05) is 0 Å². The number of aromatic nitrogens is 1. The number of halogens is 1. The van der Waals surface area contributed by atoms with Gasteiger partial charge in [-0.3, -0.25) is 9.59 Å². The molecule has 1 saturated heterocycles. The number of carbonyl (C=O) groups excluding carboxylic acids is 1. The first kappa shape index (κ1) is 16.2. The Bertz CT molecular complexity index is 540. The highest BCUT2D eigenvalue weighted by Crippen LogP contribution is 2.14. The van der Waals surface area contributed by atoms with Crippen molar-refractivity contribution in [2.24, 2.45) is 0 Å². The quantitative estimate of drug-likeness (QED) is 0.843. The van der Waals surface area contributed by atoms with E-state index in [1.54, 1.807) is 13.0 Å². The van der Waals surface area contributed by atoms with Gasteiger partial charge in [-0.05, 0) is 48.2 Å². The van der Waals surface area contributed by atoms with Crippen LogP contribution >= 0.6 is 15.9 Å². The van der Waals surface area contributed by atoms with E-state index in [-0.39, 0.29) is 23.3 Å². The minimum Gasteiger partial charge on any atom is -0.376 e. The molecule has 0 bridgehead atoms. The van der Waals surface area contributed by atoms with E-state index in [1.165, 1.54) is 6.20 Å². The highest BCUT2D eigenvalue weighted by Gasteiger charge is 2.19. The van der Waals surface area contributed by atoms with Crippen LogP contribution in [0.25, 0.3) is 0 Å². The second-order valence-corrected chi connectivity index (χ2v) is 5.93. The number of amides is 1. The van der Waals surface area contributed by atoms with Gasteiger partial charge in [0.25, 0.3) is 11.5 Å². The predicted molar refractivity (Wildman–Crippen MR) is 82.4 cm³/mol. The summed E-state index contributed by atoms with van der Waals surface area (Å²) in [5.41, 5.74) is -0.159. The van der Waals surface area contributed by atoms with Crippen molar-refractivity contribution in [2.45, 2.75) is 38.4 Å². The SMILES string of the molecule is CC(OCC1CCCCO1)C(=O)Nc1cc(Br)c[nH]c1=O. The lowest BCUT2D eigenvalue weighted by molar-refractivity contribution is -0.130. The zero-order valence-electron chi connectivity index (χ0n) is 11.9. The number of nitrogens with one attached hydrogen (secondary N) is 2. The molecule has 1 aliphatic heterocycles. The minimum atomic E-state index is -0.645. The third-order valence-corrected chi connectivity index (χ3v) is 3.76. The van der Waals surface area contributed by atoms with Gasteiger partial charge in [0.2, 0.25) is 0 Å². The summed E-state index contributed by atoms with van der Waals surface area (Å²) in [5.74, 6) is -0.352. The molecule has 1 aromatic heterocycles. The minimum absolute atomic E-state index is 0.0586. The molecule has 2 rings (SSSR count). The molecule has 2 N–H and O–H groups in total. The van der Waals surface area contributed by atoms with Crippen LogP contribution in [0.15, 0.2) is 21.5 Å². The summed E-state index contributed by atoms with van der Waals surface area (Å²) in [7, 11) is 0. The standard InChI is InChI=1S/C14H19BrN2O4/c1-9(21-8-11-4-2-3-5-20-11)13(18)17-12-6-10(15)7-16-14(12)19/h6-7,9,11H,2-5,8H2,1H3,(H,16,19)(H,17,18). The molecule has 0 radical (unpaired) electrons. The maximum Gasteiger partial charge on any atom is 0.271 e. The first-order valence-electron chi connectivity index (χ1n) is 6.98. The Morgan fingerprint density at radius 1 is 1.62 bits per heavy atom. The fourth-order valence-electron chi connectivity index (χ4n) is 2.05. The number of anilines is 1. The van der Waals surface area contributed by atoms with E-state index in [2.05, 4.69) is 26.2 Å². The number of pyridine rings is 1. The third-order valence-electron chi connectivity index (χ3n) is 3.30. The largest absolute Gasteiger partial charge is 0.376 e. The molecule has 1 amide bonds. The molecule has 1 aromatic rings. The number of carbonyl (C=O) groups is 1. The number of ether oxygens (including phenoxy) is 2. The molecule has 0 saturated carbocycles. The summed E-state index contributed by atoms with van der Waals surface area (Å²) in [6.07, 6.45) is 4.09. The van der Waals surface area contributed by atoms with Gasteiger partial charge in [0, 0.05) is 17.3 Å². The van der Waals surface area contributed by atoms with Crippen LogP contribution in [-0.4, -0.2) is 36.3 Å². The van der Waals surface area contributed by atoms with E-state index in [0.29, 0.717) is 11.1 Å². The summed E-state index contributed by atoms with van der Waals surface area (Å²) >= 11 is 3.24. The van der Waals surface area contributed by atoms with Gasteiger partial charge in [0.05, 0.1) is 12.7 Å². The predicted octanol–water partition coefficient (Wildman–Crippen LogP) is 2.05. The van der Waals surface area contributed by atoms with Crippen molar-refractivity contribution in [1.82, 2.24) is 4.98 Å². The fourth-order valence-corrected chi connectivity index (χ4v) is 2.39. The number of hydrogen-bond donors (Lipinski definition) is 2. The van der Waals surface area contributed by atoms with Crippen LogP contribution in [0, 0.1) is 0 Å². The van der Waals surface area contributed by atoms with E-state index in [0.717, 1.165) is 25.9 Å². The van der Waals surface area contributed by atoms with Crippen LogP contribution in [0.5, 0.6) is 0 Å². The Morgan fingerprint density at radius 3 is 3.14 bits per heavy atom. The van der Waals surface area contributed by atoms with Gasteiger partial charge in [0.15, 0.2) is 0 Å². The molecule has 0 spiro atoms. The van der Waals surface area contributed by atoms with Gasteiger partial charge in [-0.1, -0.05) is 0 Å². The van der Waals surface area contributed by atoms with E-state index >= 15 is 0 Å². The molecule has 1 fully saturated rings. The average Bonchev–Trinajstić information content (AvgIpc) is 2.49. The average molecular weight is 359 g/mol. The lowest BCUT2D eigenvalue weighted by atomic mass is 10.1. The molecular formula is C14H19BrN2O4. The summed E-state index contributed by atoms with van der Waals surface area (Å²) < 4.78 is 11.7. The molecular weight excluding hydrogens is 340 g/mol. The van der Waals surface area contributed by atoms with Crippen LogP contribution in [0.2, 0.25) is 0 Å². The van der Waals surface area contributed by atoms with Gasteiger partial charge in [0.1, 0.15) is 11.8 Å². The van der Waals surface area contributed by atoms with Crippen LogP contribution in [0.4, 0.5) is 5.69 Å². The molecule has 2 heterocycles. The van der Waals surface area contributed by atoms with E-state index < -0.39 is 6.10 Å². The van der Waals surface area contributed by atoms with Crippen LogP contribution in [0.3, 0.4) is 0 Å². The highest BCUT2D eigenvalue weighted by atomic mass is 79.9. The van der Waals surface area contributed by atoms with Crippen molar-refractivity contribution in [2.75, 3.05) is 18.5 Å². The Balaban J connectivity index is 1.84. The van der Waals surface area contributed by atoms with Gasteiger partial charge in [-0.25, -0.2) is 0 Å². The van der Waals surface area contributed by atoms with Crippen molar-refractivity contribution in [3.05, 3.63) is 27.1 Å². The van der Waals surface area contributed by atoms with Crippen LogP contribution < -0.4 is 10.9 Å². The number of aromatic amines is 1. The normalized spacial score (nSPS) is 20.0. The highest BCUT2D eigenvalue weighted by molar-refractivity contribution is 9.10. The molecule has 2 unspecified atom stereocenters. The first-order valence-corrected chi connectivity index (χ1v) is 7.78. The zero-order chi connectivity index (χ0) is 15.2. The van der Waals surface area contributed by atoms with E-state index in [4.69, 9.17) is 9.47 Å². The van der Waals surface area contributed by atoms with Crippen molar-refractivity contribution in [3.63, 3.8) is 0 Å². The van der Waals surface area contributed by atoms with Crippen LogP contribution in [0.1, 0.15) is 26.2 Å². The van der Waals surface area contributed by atoms with E-state index in [9.17, 15) is 9.59 Å². The van der Waals surface area contributed by atoms with Crippen molar-refractivity contribution < 1.29 is 14.3 Å². The van der Waals surface area contributed by atoms with Gasteiger partial charge >= 0.3 is 0 Å². The molecule has 1 aliphatic rings. The molecule has 6 nitrogen and oxygen atoms in total. The zero-order valence-corrected chi connectivity index (χ0v) is 13.4. The summed E-state index contributed by atoms with van der Waals surface area (Å²) in [4.78, 5) is 26.1. The van der Waals surface area contributed by atoms with Crippen molar-refractivity contribution in [1.29, 1.82) is 0 Å². The Morgan fingerprint density at radius 2 is 2.43 bits per heavy atom. The monoisotopic (exact) mass is 358 g/mol. The molecule has 116 valence electrons. The topological polar surface area (TPSA) is 80.4 Å². The molecule has 7 heteroatoms. The smallest absolute Gasteiger partial charge is 0.271 e. The molecule has 0 aromatic carbocycles. The van der Waals surface area contributed by atoms with Gasteiger partial charge in [-0.15, -0.1) is 0 Å². The second kappa shape index (κ2) is 7.72. The number of hydrogen-bond acceptors (Lipinski definition) is 4. The maximum absolute atomic E-state index is 12.0. The first-order chi connectivity index (χ1) is 10.1. The number of H-pyrrole nitrogens is 1. The van der Waals surface area contributed by atoms with Gasteiger partial charge in [-0.2, -0.15) is 0 Å². The van der Waals surface area contributed by atoms with Crippen molar-refractivity contribution in [3.8, 4) is 0 Å². The summed E-state index contributed by atoms with van der Waals surface area (Å²) in [5, 5.41) is 2.56. The van der Waals surface area contributed by atoms with Crippen molar-refractivity contribution >= 4 is 27.5 Å². The fraction of sp³-hybridized carbons (Fsp3) is 0.571. The van der Waals surface area contributed by atoms with Gasteiger partial charge < -0.3 is 19.8 Å². The molecule has 21 heavy (non-hydrogen) atoms. The van der Waals surface area contributed by atoms with Crippen LogP contribution in [-0.2, 0) is 14.3 Å². The Kier molecular flexibility index (Phi) is 5.96. The Labute approximate surface area is 131 Å². The lowest BCUT2D eigenvalue weighted by Gasteiger charge is -2.23. The summed E-state index contributed by atoms with van der Waals surface area (Å²) in [6.45, 7) is 2.80. The molecule has 0 aliphatic carbocycles. The number of rotatable bonds is 5. The Hall–Kier alpha value is -1.18.